The molecule has 264 valence electrons. The Morgan fingerprint density at radius 2 is 0.809 bits per heavy atom. The molecule has 11 heteroatoms. The van der Waals surface area contributed by atoms with Crippen LogP contribution in [-0.2, 0) is 28.7 Å². The van der Waals surface area contributed by atoms with Crippen LogP contribution >= 0.6 is 0 Å². The first kappa shape index (κ1) is 41.3. The van der Waals surface area contributed by atoms with Crippen molar-refractivity contribution in [3.63, 3.8) is 0 Å². The zero-order valence-electron chi connectivity index (χ0n) is 27.8. The van der Waals surface area contributed by atoms with Gasteiger partial charge in [-0.2, -0.15) is 0 Å². The fourth-order valence-electron chi connectivity index (χ4n) is 5.19. The Labute approximate surface area is 278 Å². The zero-order valence-corrected chi connectivity index (χ0v) is 27.8. The topological polar surface area (TPSA) is 182 Å². The highest BCUT2D eigenvalue weighted by atomic mass is 16.6. The van der Waals surface area contributed by atoms with Gasteiger partial charge < -0.3 is 24.8 Å². The second-order valence-corrected chi connectivity index (χ2v) is 12.1. The summed E-state index contributed by atoms with van der Waals surface area (Å²) < 4.78 is 10.1. The first-order valence-electron chi connectivity index (χ1n) is 17.3. The SMILES string of the molecule is O=C(O)CCCCCCCCCCCCC(=O)OC(=O)c1ccc(C(=O)OC(CCCCCCCCCCCC(=O)O)C(=O)O)cc1. The van der Waals surface area contributed by atoms with E-state index in [1.54, 1.807) is 0 Å². The molecule has 1 atom stereocenters. The van der Waals surface area contributed by atoms with E-state index in [9.17, 15) is 33.9 Å². The molecule has 0 fully saturated rings. The third-order valence-electron chi connectivity index (χ3n) is 7.97. The molecule has 0 bridgehead atoms. The summed E-state index contributed by atoms with van der Waals surface area (Å²) in [6, 6.07) is 5.33. The maximum atomic E-state index is 12.5. The molecule has 0 spiro atoms. The summed E-state index contributed by atoms with van der Waals surface area (Å²) in [5, 5.41) is 26.8. The van der Waals surface area contributed by atoms with E-state index in [4.69, 9.17) is 19.7 Å². The predicted octanol–water partition coefficient (Wildman–Crippen LogP) is 8.12. The number of carboxylic acid groups (broad SMARTS) is 3. The van der Waals surface area contributed by atoms with Gasteiger partial charge >= 0.3 is 35.8 Å². The van der Waals surface area contributed by atoms with Crippen LogP contribution in [-0.4, -0.2) is 57.2 Å². The Bertz CT molecular complexity index is 1080. The molecule has 0 amide bonds. The molecule has 3 N–H and O–H groups in total. The Morgan fingerprint density at radius 1 is 0.468 bits per heavy atom. The number of esters is 3. The van der Waals surface area contributed by atoms with Gasteiger partial charge in [-0.15, -0.1) is 0 Å². The molecule has 0 heterocycles. The highest BCUT2D eigenvalue weighted by molar-refractivity contribution is 5.98. The molecule has 0 saturated heterocycles. The third kappa shape index (κ3) is 22.4. The van der Waals surface area contributed by atoms with Crippen LogP contribution < -0.4 is 0 Å². The lowest BCUT2D eigenvalue weighted by Gasteiger charge is -2.14. The van der Waals surface area contributed by atoms with Crippen molar-refractivity contribution in [2.75, 3.05) is 0 Å². The monoisotopic (exact) mass is 662 g/mol. The van der Waals surface area contributed by atoms with Gasteiger partial charge in [-0.25, -0.2) is 14.4 Å². The summed E-state index contributed by atoms with van der Waals surface area (Å²) >= 11 is 0. The van der Waals surface area contributed by atoms with E-state index in [-0.39, 0.29) is 36.8 Å². The average molecular weight is 663 g/mol. The van der Waals surface area contributed by atoms with Crippen molar-refractivity contribution in [2.24, 2.45) is 0 Å². The van der Waals surface area contributed by atoms with E-state index in [0.29, 0.717) is 19.3 Å². The van der Waals surface area contributed by atoms with Crippen LogP contribution in [0.2, 0.25) is 0 Å². The minimum Gasteiger partial charge on any atom is -0.481 e. The zero-order chi connectivity index (χ0) is 34.7. The summed E-state index contributed by atoms with van der Waals surface area (Å²) in [7, 11) is 0. The van der Waals surface area contributed by atoms with Crippen LogP contribution in [0.15, 0.2) is 24.3 Å². The van der Waals surface area contributed by atoms with Crippen LogP contribution in [0.1, 0.15) is 168 Å². The lowest BCUT2D eigenvalue weighted by atomic mass is 10.0. The van der Waals surface area contributed by atoms with Crippen LogP contribution in [0.25, 0.3) is 0 Å². The fraction of sp³-hybridized carbons (Fsp3) is 0.667. The summed E-state index contributed by atoms with van der Waals surface area (Å²) in [5.41, 5.74) is 0.175. The number of rotatable bonds is 29. The first-order valence-corrected chi connectivity index (χ1v) is 17.3. The van der Waals surface area contributed by atoms with E-state index < -0.39 is 41.9 Å². The first-order chi connectivity index (χ1) is 22.6. The largest absolute Gasteiger partial charge is 0.481 e. The average Bonchev–Trinajstić information content (AvgIpc) is 3.03. The molecule has 0 aliphatic carbocycles. The summed E-state index contributed by atoms with van der Waals surface area (Å²) in [4.78, 5) is 69.6. The normalized spacial score (nSPS) is 11.5. The van der Waals surface area contributed by atoms with Gasteiger partial charge in [0.2, 0.25) is 0 Å². The summed E-state index contributed by atoms with van der Waals surface area (Å²) in [6.07, 6.45) is 17.1. The Hall–Kier alpha value is -3.76. The molecule has 1 aromatic carbocycles. The molecule has 0 aliphatic heterocycles. The Morgan fingerprint density at radius 3 is 1.19 bits per heavy atom. The van der Waals surface area contributed by atoms with Gasteiger partial charge in [-0.05, 0) is 56.4 Å². The maximum Gasteiger partial charge on any atom is 0.345 e. The van der Waals surface area contributed by atoms with Gasteiger partial charge in [0.05, 0.1) is 11.1 Å². The van der Waals surface area contributed by atoms with Crippen molar-refractivity contribution >= 4 is 35.8 Å². The van der Waals surface area contributed by atoms with Crippen molar-refractivity contribution in [2.45, 2.75) is 154 Å². The number of carbonyl (C=O) groups excluding carboxylic acids is 3. The lowest BCUT2D eigenvalue weighted by molar-refractivity contribution is -0.147. The molecule has 0 aromatic heterocycles. The molecule has 1 aromatic rings. The molecule has 0 saturated carbocycles. The second kappa shape index (κ2) is 26.3. The van der Waals surface area contributed by atoms with Gasteiger partial charge in [0.25, 0.3) is 0 Å². The van der Waals surface area contributed by atoms with Crippen LogP contribution in [0.4, 0.5) is 0 Å². The van der Waals surface area contributed by atoms with E-state index >= 15 is 0 Å². The van der Waals surface area contributed by atoms with E-state index in [2.05, 4.69) is 0 Å². The van der Waals surface area contributed by atoms with Gasteiger partial charge in [0.1, 0.15) is 0 Å². The van der Waals surface area contributed by atoms with Crippen LogP contribution in [0.5, 0.6) is 0 Å². The summed E-state index contributed by atoms with van der Waals surface area (Å²) in [6.45, 7) is 0. The Kier molecular flexibility index (Phi) is 23.1. The van der Waals surface area contributed by atoms with Crippen LogP contribution in [0, 0.1) is 0 Å². The number of benzene rings is 1. The molecular weight excluding hydrogens is 608 g/mol. The van der Waals surface area contributed by atoms with Gasteiger partial charge in [-0.3, -0.25) is 14.4 Å². The highest BCUT2D eigenvalue weighted by Gasteiger charge is 2.23. The molecule has 0 aliphatic rings. The lowest BCUT2D eigenvalue weighted by Crippen LogP contribution is -2.27. The second-order valence-electron chi connectivity index (χ2n) is 12.1. The number of hydrogen-bond donors (Lipinski definition) is 3. The van der Waals surface area contributed by atoms with Crippen LogP contribution in [0.3, 0.4) is 0 Å². The van der Waals surface area contributed by atoms with Crippen molar-refractivity contribution in [3.05, 3.63) is 35.4 Å². The number of carboxylic acids is 3. The standard InChI is InChI=1S/C36H54O11/c37-31(38)21-17-13-9-5-1-2-7-11-15-19-23-33(41)47-36(45)29-26-24-28(25-27-29)35(44)46-30(34(42)43)20-16-12-8-4-3-6-10-14-18-22-32(39)40/h24-27,30H,1-23H2,(H,37,38)(H,39,40)(H,42,43). The number of hydrogen-bond acceptors (Lipinski definition) is 8. The van der Waals surface area contributed by atoms with Gasteiger partial charge in [0.15, 0.2) is 6.10 Å². The molecule has 1 rings (SSSR count). The van der Waals surface area contributed by atoms with E-state index in [1.165, 1.54) is 24.3 Å². The number of ether oxygens (including phenoxy) is 2. The third-order valence-corrected chi connectivity index (χ3v) is 7.97. The molecule has 1 unspecified atom stereocenters. The van der Waals surface area contributed by atoms with Crippen molar-refractivity contribution in [3.8, 4) is 0 Å². The minimum absolute atomic E-state index is 0.0840. The van der Waals surface area contributed by atoms with Crippen molar-refractivity contribution in [1.82, 2.24) is 0 Å². The maximum absolute atomic E-state index is 12.5. The molecular formula is C36H54O11. The predicted molar refractivity (Wildman–Crippen MR) is 175 cm³/mol. The van der Waals surface area contributed by atoms with E-state index in [1.807, 2.05) is 0 Å². The number of unbranched alkanes of at least 4 members (excludes halogenated alkanes) is 17. The number of aliphatic carboxylic acids is 3. The van der Waals surface area contributed by atoms with Gasteiger partial charge in [-0.1, -0.05) is 96.3 Å². The van der Waals surface area contributed by atoms with Gasteiger partial charge in [0, 0.05) is 19.3 Å². The molecule has 0 radical (unpaired) electrons. The molecule has 11 nitrogen and oxygen atoms in total. The molecule has 47 heavy (non-hydrogen) atoms. The minimum atomic E-state index is -1.28. The van der Waals surface area contributed by atoms with Crippen molar-refractivity contribution in [1.29, 1.82) is 0 Å². The van der Waals surface area contributed by atoms with Crippen molar-refractivity contribution < 1.29 is 53.6 Å². The fourth-order valence-corrected chi connectivity index (χ4v) is 5.19. The quantitative estimate of drug-likeness (QED) is 0.0428. The van der Waals surface area contributed by atoms with E-state index in [0.717, 1.165) is 103 Å². The smallest absolute Gasteiger partial charge is 0.345 e. The Balaban J connectivity index is 2.22. The number of carbonyl (C=O) groups is 6. The highest BCUT2D eigenvalue weighted by Crippen LogP contribution is 2.16. The summed E-state index contributed by atoms with van der Waals surface area (Å²) in [5.74, 6) is -4.97.